The quantitative estimate of drug-likeness (QED) is 0.507. The number of carbonyl (C=O) groups is 3. The summed E-state index contributed by atoms with van der Waals surface area (Å²) in [5.74, 6) is -0.607. The summed E-state index contributed by atoms with van der Waals surface area (Å²) < 4.78 is 0. The molecule has 1 heterocycles. The maximum Gasteiger partial charge on any atom is 0.258 e. The van der Waals surface area contributed by atoms with Gasteiger partial charge in [0.25, 0.3) is 11.8 Å². The van der Waals surface area contributed by atoms with E-state index < -0.39 is 0 Å². The SMILES string of the molecule is CNCc1ccc2c(c1)C(=O)NC2=O.CSc1ccc(C=O)cc1. The highest BCUT2D eigenvalue weighted by Crippen LogP contribution is 2.17. The Kier molecular flexibility index (Phi) is 6.28. The Morgan fingerprint density at radius 1 is 1.04 bits per heavy atom. The summed E-state index contributed by atoms with van der Waals surface area (Å²) in [6.07, 6.45) is 2.86. The predicted molar refractivity (Wildman–Crippen MR) is 94.6 cm³/mol. The van der Waals surface area contributed by atoms with Crippen molar-refractivity contribution in [3.8, 4) is 0 Å². The zero-order chi connectivity index (χ0) is 17.5. The molecule has 1 aliphatic rings. The number of hydrogen-bond acceptors (Lipinski definition) is 5. The maximum absolute atomic E-state index is 11.3. The maximum atomic E-state index is 11.3. The lowest BCUT2D eigenvalue weighted by atomic mass is 10.1. The first-order valence-electron chi connectivity index (χ1n) is 7.31. The third-order valence-corrected chi connectivity index (χ3v) is 4.18. The third kappa shape index (κ3) is 4.31. The van der Waals surface area contributed by atoms with Gasteiger partial charge in [-0.25, -0.2) is 0 Å². The van der Waals surface area contributed by atoms with Crippen LogP contribution in [0.15, 0.2) is 47.4 Å². The number of amides is 2. The largest absolute Gasteiger partial charge is 0.316 e. The van der Waals surface area contributed by atoms with E-state index in [-0.39, 0.29) is 11.8 Å². The van der Waals surface area contributed by atoms with Crippen LogP contribution in [0.25, 0.3) is 0 Å². The van der Waals surface area contributed by atoms with Crippen LogP contribution in [0.5, 0.6) is 0 Å². The van der Waals surface area contributed by atoms with Crippen molar-refractivity contribution in [3.05, 3.63) is 64.7 Å². The van der Waals surface area contributed by atoms with Crippen molar-refractivity contribution < 1.29 is 14.4 Å². The highest BCUT2D eigenvalue weighted by atomic mass is 32.2. The van der Waals surface area contributed by atoms with Gasteiger partial charge in [-0.15, -0.1) is 11.8 Å². The molecule has 6 heteroatoms. The summed E-state index contributed by atoms with van der Waals surface area (Å²) in [5, 5.41) is 5.24. The lowest BCUT2D eigenvalue weighted by molar-refractivity contribution is 0.0879. The summed E-state index contributed by atoms with van der Waals surface area (Å²) in [6, 6.07) is 12.8. The van der Waals surface area contributed by atoms with Crippen molar-refractivity contribution in [2.45, 2.75) is 11.4 Å². The first-order chi connectivity index (χ1) is 11.6. The Balaban J connectivity index is 0.000000185. The lowest BCUT2D eigenvalue weighted by Gasteiger charge is -2.00. The molecule has 2 N–H and O–H groups in total. The van der Waals surface area contributed by atoms with E-state index in [1.165, 1.54) is 4.90 Å². The Morgan fingerprint density at radius 2 is 1.71 bits per heavy atom. The second kappa shape index (κ2) is 8.42. The normalized spacial score (nSPS) is 12.1. The molecule has 0 bridgehead atoms. The van der Waals surface area contributed by atoms with Crippen LogP contribution in [0, 0.1) is 0 Å². The van der Waals surface area contributed by atoms with Crippen LogP contribution in [0.3, 0.4) is 0 Å². The van der Waals surface area contributed by atoms with Crippen LogP contribution in [0.4, 0.5) is 0 Å². The molecule has 2 aromatic carbocycles. The Morgan fingerprint density at radius 3 is 2.29 bits per heavy atom. The topological polar surface area (TPSA) is 75.3 Å². The first kappa shape index (κ1) is 17.9. The highest BCUT2D eigenvalue weighted by Gasteiger charge is 2.26. The summed E-state index contributed by atoms with van der Waals surface area (Å²) in [5.41, 5.74) is 2.67. The van der Waals surface area contributed by atoms with Gasteiger partial charge in [-0.05, 0) is 43.1 Å². The molecule has 0 spiro atoms. The van der Waals surface area contributed by atoms with Crippen molar-refractivity contribution in [3.63, 3.8) is 0 Å². The highest BCUT2D eigenvalue weighted by molar-refractivity contribution is 7.98. The van der Waals surface area contributed by atoms with E-state index in [0.717, 1.165) is 17.4 Å². The summed E-state index contributed by atoms with van der Waals surface area (Å²) >= 11 is 1.67. The number of fused-ring (bicyclic) bond motifs is 1. The molecule has 124 valence electrons. The van der Waals surface area contributed by atoms with Gasteiger partial charge in [0.2, 0.25) is 0 Å². The molecule has 0 radical (unpaired) electrons. The Labute approximate surface area is 144 Å². The van der Waals surface area contributed by atoms with Gasteiger partial charge in [-0.1, -0.05) is 18.2 Å². The van der Waals surface area contributed by atoms with Gasteiger partial charge in [0.15, 0.2) is 0 Å². The van der Waals surface area contributed by atoms with E-state index in [4.69, 9.17) is 0 Å². The number of imide groups is 1. The van der Waals surface area contributed by atoms with Crippen LogP contribution < -0.4 is 10.6 Å². The molecule has 2 aromatic rings. The average molecular weight is 342 g/mol. The Bertz CT molecular complexity index is 757. The summed E-state index contributed by atoms with van der Waals surface area (Å²) in [7, 11) is 1.83. The number of nitrogens with one attached hydrogen (secondary N) is 2. The molecule has 0 fully saturated rings. The number of benzene rings is 2. The zero-order valence-corrected chi connectivity index (χ0v) is 14.3. The number of aldehydes is 1. The van der Waals surface area contributed by atoms with Gasteiger partial charge in [-0.3, -0.25) is 19.7 Å². The van der Waals surface area contributed by atoms with Gasteiger partial charge in [0.1, 0.15) is 6.29 Å². The molecule has 0 saturated heterocycles. The molecule has 0 saturated carbocycles. The number of thioether (sulfide) groups is 1. The van der Waals surface area contributed by atoms with Crippen molar-refractivity contribution in [2.24, 2.45) is 0 Å². The molecule has 0 unspecified atom stereocenters. The predicted octanol–water partition coefficient (Wildman–Crippen LogP) is 2.51. The molecule has 0 aliphatic carbocycles. The van der Waals surface area contributed by atoms with E-state index in [0.29, 0.717) is 17.7 Å². The van der Waals surface area contributed by atoms with Crippen LogP contribution >= 0.6 is 11.8 Å². The van der Waals surface area contributed by atoms with Crippen molar-refractivity contribution in [2.75, 3.05) is 13.3 Å². The molecule has 0 aromatic heterocycles. The van der Waals surface area contributed by atoms with Crippen LogP contribution in [-0.2, 0) is 6.54 Å². The van der Waals surface area contributed by atoms with Gasteiger partial charge < -0.3 is 5.32 Å². The molecular formula is C18H18N2O3S. The fourth-order valence-corrected chi connectivity index (χ4v) is 2.62. The van der Waals surface area contributed by atoms with Crippen molar-refractivity contribution in [1.82, 2.24) is 10.6 Å². The van der Waals surface area contributed by atoms with Gasteiger partial charge in [-0.2, -0.15) is 0 Å². The number of rotatable bonds is 4. The summed E-state index contributed by atoms with van der Waals surface area (Å²) in [6.45, 7) is 0.689. The minimum absolute atomic E-state index is 0.303. The van der Waals surface area contributed by atoms with E-state index in [1.807, 2.05) is 43.6 Å². The second-order valence-electron chi connectivity index (χ2n) is 5.08. The van der Waals surface area contributed by atoms with Crippen molar-refractivity contribution in [1.29, 1.82) is 0 Å². The molecule has 0 atom stereocenters. The average Bonchev–Trinajstić information content (AvgIpc) is 2.90. The van der Waals surface area contributed by atoms with E-state index >= 15 is 0 Å². The molecule has 24 heavy (non-hydrogen) atoms. The van der Waals surface area contributed by atoms with E-state index in [9.17, 15) is 14.4 Å². The third-order valence-electron chi connectivity index (χ3n) is 3.43. The zero-order valence-electron chi connectivity index (χ0n) is 13.5. The van der Waals surface area contributed by atoms with Gasteiger partial charge in [0, 0.05) is 17.0 Å². The van der Waals surface area contributed by atoms with Crippen LogP contribution in [0.1, 0.15) is 36.6 Å². The smallest absolute Gasteiger partial charge is 0.258 e. The molecule has 1 aliphatic heterocycles. The number of carbonyl (C=O) groups excluding carboxylic acids is 3. The molecule has 2 amide bonds. The van der Waals surface area contributed by atoms with Gasteiger partial charge >= 0.3 is 0 Å². The molecule has 3 rings (SSSR count). The lowest BCUT2D eigenvalue weighted by Crippen LogP contribution is -2.19. The van der Waals surface area contributed by atoms with Gasteiger partial charge in [0.05, 0.1) is 11.1 Å². The molecular weight excluding hydrogens is 324 g/mol. The van der Waals surface area contributed by atoms with E-state index in [2.05, 4.69) is 10.6 Å². The summed E-state index contributed by atoms with van der Waals surface area (Å²) in [4.78, 5) is 33.9. The fraction of sp³-hybridized carbons (Fsp3) is 0.167. The minimum Gasteiger partial charge on any atom is -0.316 e. The standard InChI is InChI=1S/C10H10N2O2.C8H8OS/c1-11-5-6-2-3-7-8(4-6)10(14)12-9(7)13;1-10-8-4-2-7(6-9)3-5-8/h2-4,11H,5H2,1H3,(H,12,13,14);2-6H,1H3. The second-order valence-corrected chi connectivity index (χ2v) is 5.96. The first-order valence-corrected chi connectivity index (χ1v) is 8.54. The van der Waals surface area contributed by atoms with Crippen molar-refractivity contribution >= 4 is 29.9 Å². The molecule has 5 nitrogen and oxygen atoms in total. The Hall–Kier alpha value is -2.44. The van der Waals surface area contributed by atoms with Crippen LogP contribution in [-0.4, -0.2) is 31.4 Å². The van der Waals surface area contributed by atoms with E-state index in [1.54, 1.807) is 23.9 Å². The minimum atomic E-state index is -0.305. The fourth-order valence-electron chi connectivity index (χ4n) is 2.21. The number of hydrogen-bond donors (Lipinski definition) is 2. The van der Waals surface area contributed by atoms with Crippen LogP contribution in [0.2, 0.25) is 0 Å². The monoisotopic (exact) mass is 342 g/mol.